The molecule has 0 radical (unpaired) electrons. The van der Waals surface area contributed by atoms with Gasteiger partial charge in [0.15, 0.2) is 0 Å². The monoisotopic (exact) mass is 397 g/mol. The van der Waals surface area contributed by atoms with Crippen LogP contribution >= 0.6 is 0 Å². The fourth-order valence-corrected chi connectivity index (χ4v) is 3.68. The summed E-state index contributed by atoms with van der Waals surface area (Å²) < 4.78 is 5.06. The summed E-state index contributed by atoms with van der Waals surface area (Å²) in [6.45, 7) is 6.78. The van der Waals surface area contributed by atoms with Crippen molar-refractivity contribution in [3.05, 3.63) is 47.9 Å². The zero-order valence-corrected chi connectivity index (χ0v) is 17.5. The van der Waals surface area contributed by atoms with Crippen LogP contribution in [0.1, 0.15) is 36.9 Å². The summed E-state index contributed by atoms with van der Waals surface area (Å²) in [6.07, 6.45) is 5.68. The van der Waals surface area contributed by atoms with Crippen LogP contribution in [-0.2, 0) is 9.53 Å². The Bertz CT molecular complexity index is 788. The van der Waals surface area contributed by atoms with E-state index in [0.29, 0.717) is 19.1 Å². The second-order valence-electron chi connectivity index (χ2n) is 7.74. The van der Waals surface area contributed by atoms with Gasteiger partial charge in [0.25, 0.3) is 0 Å². The second-order valence-corrected chi connectivity index (χ2v) is 7.74. The standard InChI is InChI=1S/C22H31N5O2/c1-16-5-4-10-23-22(16)26-19-6-7-20(24-13-19)18-8-11-27(12-9-18)14-21(28)25-17(2)15-29-3/h4-7,10,13,17-18H,8-9,11-12,14-15H2,1-3H3,(H,23,26)(H,25,28). The fraction of sp³-hybridized carbons (Fsp3) is 0.500. The number of rotatable bonds is 8. The molecule has 1 amide bonds. The minimum absolute atomic E-state index is 0.0382. The highest BCUT2D eigenvalue weighted by atomic mass is 16.5. The van der Waals surface area contributed by atoms with Gasteiger partial charge in [-0.1, -0.05) is 6.07 Å². The van der Waals surface area contributed by atoms with Gasteiger partial charge in [-0.25, -0.2) is 4.98 Å². The minimum atomic E-state index is 0.0382. The van der Waals surface area contributed by atoms with Crippen LogP contribution in [-0.4, -0.2) is 60.2 Å². The van der Waals surface area contributed by atoms with Crippen LogP contribution in [0, 0.1) is 6.92 Å². The number of pyridine rings is 2. The Morgan fingerprint density at radius 2 is 2.07 bits per heavy atom. The molecule has 2 aromatic rings. The Morgan fingerprint density at radius 3 is 2.72 bits per heavy atom. The zero-order chi connectivity index (χ0) is 20.6. The Balaban J connectivity index is 1.47. The quantitative estimate of drug-likeness (QED) is 0.713. The predicted molar refractivity (Wildman–Crippen MR) is 114 cm³/mol. The molecule has 1 saturated heterocycles. The van der Waals surface area contributed by atoms with E-state index in [4.69, 9.17) is 4.74 Å². The molecule has 1 unspecified atom stereocenters. The number of nitrogens with zero attached hydrogens (tertiary/aromatic N) is 3. The first-order valence-electron chi connectivity index (χ1n) is 10.2. The van der Waals surface area contributed by atoms with Crippen molar-refractivity contribution in [1.29, 1.82) is 0 Å². The van der Waals surface area contributed by atoms with Gasteiger partial charge >= 0.3 is 0 Å². The number of ether oxygens (including phenoxy) is 1. The number of aromatic nitrogens is 2. The molecular weight excluding hydrogens is 366 g/mol. The number of anilines is 2. The van der Waals surface area contributed by atoms with Crippen LogP contribution in [0.25, 0.3) is 0 Å². The van der Waals surface area contributed by atoms with Crippen LogP contribution in [0.3, 0.4) is 0 Å². The number of carbonyl (C=O) groups is 1. The van der Waals surface area contributed by atoms with E-state index in [9.17, 15) is 4.79 Å². The van der Waals surface area contributed by atoms with Crippen molar-refractivity contribution in [2.24, 2.45) is 0 Å². The van der Waals surface area contributed by atoms with E-state index in [1.54, 1.807) is 13.3 Å². The van der Waals surface area contributed by atoms with E-state index in [1.165, 1.54) is 0 Å². The zero-order valence-electron chi connectivity index (χ0n) is 17.5. The van der Waals surface area contributed by atoms with Crippen molar-refractivity contribution in [1.82, 2.24) is 20.2 Å². The molecule has 0 aliphatic carbocycles. The molecule has 7 heteroatoms. The largest absolute Gasteiger partial charge is 0.383 e. The number of hydrogen-bond acceptors (Lipinski definition) is 6. The van der Waals surface area contributed by atoms with Gasteiger partial charge in [0.2, 0.25) is 5.91 Å². The molecule has 2 N–H and O–H groups in total. The Hall–Kier alpha value is -2.51. The number of carbonyl (C=O) groups excluding carboxylic acids is 1. The summed E-state index contributed by atoms with van der Waals surface area (Å²) in [5.74, 6) is 1.35. The molecule has 0 saturated carbocycles. The molecule has 1 atom stereocenters. The highest BCUT2D eigenvalue weighted by molar-refractivity contribution is 5.78. The molecule has 1 fully saturated rings. The van der Waals surface area contributed by atoms with Crippen LogP contribution in [0.2, 0.25) is 0 Å². The lowest BCUT2D eigenvalue weighted by Gasteiger charge is -2.31. The van der Waals surface area contributed by atoms with Crippen molar-refractivity contribution in [2.75, 3.05) is 38.7 Å². The average molecular weight is 398 g/mol. The van der Waals surface area contributed by atoms with Gasteiger partial charge in [-0.3, -0.25) is 14.7 Å². The molecule has 3 rings (SSSR count). The Kier molecular flexibility index (Phi) is 7.55. The van der Waals surface area contributed by atoms with E-state index < -0.39 is 0 Å². The summed E-state index contributed by atoms with van der Waals surface area (Å²) in [4.78, 5) is 23.4. The first-order valence-corrected chi connectivity index (χ1v) is 10.2. The summed E-state index contributed by atoms with van der Waals surface area (Å²) in [5.41, 5.74) is 3.16. The molecule has 1 aliphatic heterocycles. The van der Waals surface area contributed by atoms with Crippen LogP contribution in [0.5, 0.6) is 0 Å². The predicted octanol–water partition coefficient (Wildman–Crippen LogP) is 2.86. The Labute approximate surface area is 172 Å². The van der Waals surface area contributed by atoms with Crippen molar-refractivity contribution >= 4 is 17.4 Å². The minimum Gasteiger partial charge on any atom is -0.383 e. The topological polar surface area (TPSA) is 79.4 Å². The van der Waals surface area contributed by atoms with Gasteiger partial charge in [0.05, 0.1) is 25.0 Å². The van der Waals surface area contributed by atoms with Crippen LogP contribution in [0.15, 0.2) is 36.7 Å². The van der Waals surface area contributed by atoms with E-state index in [0.717, 1.165) is 48.7 Å². The van der Waals surface area contributed by atoms with E-state index in [1.807, 2.05) is 32.2 Å². The first-order chi connectivity index (χ1) is 14.0. The van der Waals surface area contributed by atoms with Gasteiger partial charge in [0.1, 0.15) is 5.82 Å². The highest BCUT2D eigenvalue weighted by Gasteiger charge is 2.23. The van der Waals surface area contributed by atoms with Crippen molar-refractivity contribution in [2.45, 2.75) is 38.6 Å². The number of nitrogens with one attached hydrogen (secondary N) is 2. The molecule has 2 aromatic heterocycles. The van der Waals surface area contributed by atoms with Gasteiger partial charge in [-0.2, -0.15) is 0 Å². The fourth-order valence-electron chi connectivity index (χ4n) is 3.68. The van der Waals surface area contributed by atoms with Gasteiger partial charge in [-0.15, -0.1) is 0 Å². The number of amides is 1. The van der Waals surface area contributed by atoms with Gasteiger partial charge in [-0.05, 0) is 63.5 Å². The summed E-state index contributed by atoms with van der Waals surface area (Å²) in [6, 6.07) is 8.16. The number of hydrogen-bond donors (Lipinski definition) is 2. The third-order valence-electron chi connectivity index (χ3n) is 5.26. The van der Waals surface area contributed by atoms with Gasteiger partial charge in [0, 0.05) is 31.0 Å². The van der Waals surface area contributed by atoms with E-state index in [2.05, 4.69) is 37.6 Å². The lowest BCUT2D eigenvalue weighted by atomic mass is 9.93. The molecular formula is C22H31N5O2. The van der Waals surface area contributed by atoms with E-state index in [-0.39, 0.29) is 11.9 Å². The number of piperidine rings is 1. The number of likely N-dealkylation sites (tertiary alicyclic amines) is 1. The summed E-state index contributed by atoms with van der Waals surface area (Å²) in [5, 5.41) is 6.29. The van der Waals surface area contributed by atoms with Crippen molar-refractivity contribution < 1.29 is 9.53 Å². The molecule has 0 bridgehead atoms. The SMILES string of the molecule is COCC(C)NC(=O)CN1CCC(c2ccc(Nc3ncccc3C)cn2)CC1. The van der Waals surface area contributed by atoms with E-state index >= 15 is 0 Å². The third-order valence-corrected chi connectivity index (χ3v) is 5.26. The molecule has 156 valence electrons. The molecule has 1 aliphatic rings. The highest BCUT2D eigenvalue weighted by Crippen LogP contribution is 2.27. The lowest BCUT2D eigenvalue weighted by molar-refractivity contribution is -0.123. The van der Waals surface area contributed by atoms with Crippen molar-refractivity contribution in [3.63, 3.8) is 0 Å². The number of aryl methyl sites for hydroxylation is 1. The first kappa shape index (κ1) is 21.2. The van der Waals surface area contributed by atoms with Gasteiger partial charge < -0.3 is 15.4 Å². The maximum absolute atomic E-state index is 12.1. The molecule has 0 spiro atoms. The smallest absolute Gasteiger partial charge is 0.234 e. The second kappa shape index (κ2) is 10.3. The van der Waals surface area contributed by atoms with Crippen LogP contribution in [0.4, 0.5) is 11.5 Å². The molecule has 7 nitrogen and oxygen atoms in total. The summed E-state index contributed by atoms with van der Waals surface area (Å²) in [7, 11) is 1.64. The Morgan fingerprint density at radius 1 is 1.28 bits per heavy atom. The molecule has 3 heterocycles. The average Bonchev–Trinajstić information content (AvgIpc) is 2.71. The van der Waals surface area contributed by atoms with Crippen LogP contribution < -0.4 is 10.6 Å². The summed E-state index contributed by atoms with van der Waals surface area (Å²) >= 11 is 0. The molecule has 0 aromatic carbocycles. The molecule has 29 heavy (non-hydrogen) atoms. The maximum Gasteiger partial charge on any atom is 0.234 e. The normalized spacial score (nSPS) is 16.4. The third kappa shape index (κ3) is 6.24. The number of methoxy groups -OCH3 is 1. The van der Waals surface area contributed by atoms with Crippen molar-refractivity contribution in [3.8, 4) is 0 Å². The maximum atomic E-state index is 12.1. The lowest BCUT2D eigenvalue weighted by Crippen LogP contribution is -2.44.